The molecule has 1 fully saturated rings. The lowest BCUT2D eigenvalue weighted by Crippen LogP contribution is -2.25. The zero-order valence-corrected chi connectivity index (χ0v) is 13.9. The third kappa shape index (κ3) is 3.64. The van der Waals surface area contributed by atoms with E-state index in [1.807, 2.05) is 41.3 Å². The first kappa shape index (κ1) is 15.8. The summed E-state index contributed by atoms with van der Waals surface area (Å²) in [5.74, 6) is 1.09. The highest BCUT2D eigenvalue weighted by atomic mass is 32.2. The lowest BCUT2D eigenvalue weighted by molar-refractivity contribution is -0.117. The highest BCUT2D eigenvalue weighted by Crippen LogP contribution is 2.35. The van der Waals surface area contributed by atoms with E-state index in [4.69, 9.17) is 0 Å². The van der Waals surface area contributed by atoms with Crippen molar-refractivity contribution in [2.75, 3.05) is 17.2 Å². The van der Waals surface area contributed by atoms with Crippen molar-refractivity contribution in [3.8, 4) is 11.1 Å². The molecule has 0 spiro atoms. The summed E-state index contributed by atoms with van der Waals surface area (Å²) in [4.78, 5) is 25.5. The highest BCUT2D eigenvalue weighted by molar-refractivity contribution is 8.13. The van der Waals surface area contributed by atoms with E-state index < -0.39 is 0 Å². The first-order chi connectivity index (χ1) is 11.1. The number of anilines is 1. The van der Waals surface area contributed by atoms with Gasteiger partial charge in [0.05, 0.1) is 5.69 Å². The fourth-order valence-electron chi connectivity index (χ4n) is 2.93. The van der Waals surface area contributed by atoms with Crippen LogP contribution in [0.15, 0.2) is 54.6 Å². The third-order valence-corrected chi connectivity index (χ3v) is 5.05. The highest BCUT2D eigenvalue weighted by Gasteiger charge is 2.31. The van der Waals surface area contributed by atoms with Crippen molar-refractivity contribution in [1.29, 1.82) is 0 Å². The van der Waals surface area contributed by atoms with Crippen LogP contribution in [0.1, 0.15) is 13.3 Å². The van der Waals surface area contributed by atoms with Crippen molar-refractivity contribution in [1.82, 2.24) is 0 Å². The number of thioether (sulfide) groups is 1. The number of amides is 1. The second-order valence-corrected chi connectivity index (χ2v) is 6.96. The van der Waals surface area contributed by atoms with Crippen molar-refractivity contribution in [3.63, 3.8) is 0 Å². The summed E-state index contributed by atoms with van der Waals surface area (Å²) in [5.41, 5.74) is 3.14. The van der Waals surface area contributed by atoms with Gasteiger partial charge < -0.3 is 4.90 Å². The van der Waals surface area contributed by atoms with E-state index in [2.05, 4.69) is 18.2 Å². The van der Waals surface area contributed by atoms with Crippen molar-refractivity contribution in [3.05, 3.63) is 54.6 Å². The molecule has 1 aliphatic heterocycles. The molecule has 0 saturated carbocycles. The largest absolute Gasteiger partial charge is 0.311 e. The van der Waals surface area contributed by atoms with E-state index in [0.717, 1.165) is 16.8 Å². The number of rotatable bonds is 4. The van der Waals surface area contributed by atoms with Gasteiger partial charge in [0, 0.05) is 31.2 Å². The molecule has 118 valence electrons. The van der Waals surface area contributed by atoms with E-state index in [-0.39, 0.29) is 16.9 Å². The first-order valence-electron chi connectivity index (χ1n) is 7.73. The summed E-state index contributed by atoms with van der Waals surface area (Å²) in [5, 5.41) is 0.112. The van der Waals surface area contributed by atoms with Gasteiger partial charge in [0.15, 0.2) is 5.12 Å². The summed E-state index contributed by atoms with van der Waals surface area (Å²) < 4.78 is 0. The summed E-state index contributed by atoms with van der Waals surface area (Å²) in [6, 6.07) is 18.1. The molecule has 1 amide bonds. The van der Waals surface area contributed by atoms with Gasteiger partial charge in [0.1, 0.15) is 0 Å². The van der Waals surface area contributed by atoms with Crippen molar-refractivity contribution >= 4 is 28.5 Å². The van der Waals surface area contributed by atoms with E-state index >= 15 is 0 Å². The molecule has 2 aromatic carbocycles. The van der Waals surface area contributed by atoms with Crippen molar-refractivity contribution < 1.29 is 9.59 Å². The normalized spacial score (nSPS) is 17.5. The Balaban J connectivity index is 1.85. The number of para-hydroxylation sites is 1. The van der Waals surface area contributed by atoms with Gasteiger partial charge in [0.25, 0.3) is 0 Å². The van der Waals surface area contributed by atoms with E-state index in [0.29, 0.717) is 18.7 Å². The maximum Gasteiger partial charge on any atom is 0.227 e. The monoisotopic (exact) mass is 325 g/mol. The molecular formula is C19H19NO2S. The molecule has 1 atom stereocenters. The van der Waals surface area contributed by atoms with Gasteiger partial charge in [-0.3, -0.25) is 9.59 Å². The SMILES string of the molecule is CC(=O)SCC1CC(=O)N(c2ccccc2-c2ccccc2)C1. The molecular weight excluding hydrogens is 306 g/mol. The van der Waals surface area contributed by atoms with Crippen LogP contribution in [0.3, 0.4) is 0 Å². The van der Waals surface area contributed by atoms with Gasteiger partial charge in [0.2, 0.25) is 5.91 Å². The smallest absolute Gasteiger partial charge is 0.227 e. The predicted molar refractivity (Wildman–Crippen MR) is 95.5 cm³/mol. The zero-order chi connectivity index (χ0) is 16.2. The maximum atomic E-state index is 12.4. The van der Waals surface area contributed by atoms with Crippen LogP contribution >= 0.6 is 11.8 Å². The summed E-state index contributed by atoms with van der Waals surface area (Å²) >= 11 is 1.31. The van der Waals surface area contributed by atoms with Crippen LogP contribution in [0.5, 0.6) is 0 Å². The Morgan fingerprint density at radius 1 is 1.13 bits per heavy atom. The van der Waals surface area contributed by atoms with Crippen LogP contribution in [-0.2, 0) is 9.59 Å². The molecule has 23 heavy (non-hydrogen) atoms. The topological polar surface area (TPSA) is 37.4 Å². The first-order valence-corrected chi connectivity index (χ1v) is 8.72. The number of hydrogen-bond acceptors (Lipinski definition) is 3. The minimum Gasteiger partial charge on any atom is -0.311 e. The minimum absolute atomic E-state index is 0.112. The van der Waals surface area contributed by atoms with Crippen LogP contribution in [0.25, 0.3) is 11.1 Å². The number of carbonyl (C=O) groups is 2. The second-order valence-electron chi connectivity index (χ2n) is 5.76. The number of carbonyl (C=O) groups excluding carboxylic acids is 2. The van der Waals surface area contributed by atoms with Gasteiger partial charge in [-0.05, 0) is 17.5 Å². The lowest BCUT2D eigenvalue weighted by Gasteiger charge is -2.20. The standard InChI is InChI=1S/C19H19NO2S/c1-14(21)23-13-15-11-19(22)20(12-15)18-10-6-5-9-17(18)16-7-3-2-4-8-16/h2-10,15H,11-13H2,1H3. The number of hydrogen-bond donors (Lipinski definition) is 0. The van der Waals surface area contributed by atoms with E-state index in [1.54, 1.807) is 6.92 Å². The number of benzene rings is 2. The van der Waals surface area contributed by atoms with Crippen molar-refractivity contribution in [2.24, 2.45) is 5.92 Å². The van der Waals surface area contributed by atoms with Crippen LogP contribution in [0.2, 0.25) is 0 Å². The molecule has 3 nitrogen and oxygen atoms in total. The Labute approximate surface area is 140 Å². The Hall–Kier alpha value is -2.07. The molecule has 0 radical (unpaired) electrons. The quantitative estimate of drug-likeness (QED) is 0.853. The van der Waals surface area contributed by atoms with Crippen molar-refractivity contribution in [2.45, 2.75) is 13.3 Å². The molecule has 0 N–H and O–H groups in total. The van der Waals surface area contributed by atoms with Crippen LogP contribution in [-0.4, -0.2) is 23.3 Å². The molecule has 0 bridgehead atoms. The van der Waals surface area contributed by atoms with Gasteiger partial charge in [-0.25, -0.2) is 0 Å². The molecule has 1 unspecified atom stereocenters. The van der Waals surface area contributed by atoms with Gasteiger partial charge in [-0.1, -0.05) is 60.3 Å². The fraction of sp³-hybridized carbons (Fsp3) is 0.263. The van der Waals surface area contributed by atoms with E-state index in [9.17, 15) is 9.59 Å². The van der Waals surface area contributed by atoms with Gasteiger partial charge in [-0.15, -0.1) is 0 Å². The lowest BCUT2D eigenvalue weighted by atomic mass is 10.0. The Kier molecular flexibility index (Phi) is 4.82. The summed E-state index contributed by atoms with van der Waals surface area (Å²) in [6.45, 7) is 2.26. The second kappa shape index (κ2) is 7.01. The zero-order valence-electron chi connectivity index (χ0n) is 13.1. The molecule has 4 heteroatoms. The fourth-order valence-corrected chi connectivity index (χ4v) is 3.63. The molecule has 1 heterocycles. The molecule has 3 rings (SSSR count). The predicted octanol–water partition coefficient (Wildman–Crippen LogP) is 3.99. The van der Waals surface area contributed by atoms with Crippen LogP contribution in [0.4, 0.5) is 5.69 Å². The van der Waals surface area contributed by atoms with Gasteiger partial charge in [-0.2, -0.15) is 0 Å². The molecule has 1 aliphatic rings. The minimum atomic E-state index is 0.112. The molecule has 0 aliphatic carbocycles. The average molecular weight is 325 g/mol. The average Bonchev–Trinajstić information content (AvgIpc) is 2.94. The van der Waals surface area contributed by atoms with Crippen LogP contribution in [0, 0.1) is 5.92 Å². The van der Waals surface area contributed by atoms with E-state index in [1.165, 1.54) is 11.8 Å². The molecule has 0 aromatic heterocycles. The Morgan fingerprint density at radius 2 is 1.83 bits per heavy atom. The Morgan fingerprint density at radius 3 is 2.57 bits per heavy atom. The summed E-state index contributed by atoms with van der Waals surface area (Å²) in [7, 11) is 0. The molecule has 2 aromatic rings. The maximum absolute atomic E-state index is 12.4. The molecule has 1 saturated heterocycles. The number of nitrogens with zero attached hydrogens (tertiary/aromatic N) is 1. The summed E-state index contributed by atoms with van der Waals surface area (Å²) in [6.07, 6.45) is 0.517. The van der Waals surface area contributed by atoms with Crippen LogP contribution < -0.4 is 4.90 Å². The van der Waals surface area contributed by atoms with Gasteiger partial charge >= 0.3 is 0 Å². The Bertz CT molecular complexity index is 714. The third-order valence-electron chi connectivity index (χ3n) is 4.01.